The first-order valence-corrected chi connectivity index (χ1v) is 12.6. The van der Waals surface area contributed by atoms with Crippen LogP contribution >= 0.6 is 11.6 Å². The van der Waals surface area contributed by atoms with Crippen LogP contribution in [0.5, 0.6) is 23.0 Å². The second-order valence-electron chi connectivity index (χ2n) is 8.19. The van der Waals surface area contributed by atoms with Crippen LogP contribution in [0, 0.1) is 0 Å². The Labute approximate surface area is 226 Å². The minimum absolute atomic E-state index is 0.330. The van der Waals surface area contributed by atoms with Crippen molar-refractivity contribution in [1.82, 2.24) is 5.43 Å². The molecule has 0 aliphatic carbocycles. The molecule has 4 rings (SSSR count). The third kappa shape index (κ3) is 6.36. The molecule has 0 fully saturated rings. The smallest absolute Gasteiger partial charge is 0.271 e. The van der Waals surface area contributed by atoms with Crippen LogP contribution in [0.15, 0.2) is 77.9 Å². The number of ether oxygens (including phenoxy) is 4. The van der Waals surface area contributed by atoms with Crippen LogP contribution in [0.25, 0.3) is 10.8 Å². The van der Waals surface area contributed by atoms with Crippen molar-refractivity contribution in [1.29, 1.82) is 0 Å². The van der Waals surface area contributed by atoms with E-state index in [1.54, 1.807) is 30.3 Å². The van der Waals surface area contributed by atoms with Crippen molar-refractivity contribution in [3.8, 4) is 23.0 Å². The Kier molecular flexibility index (Phi) is 9.06. The number of nitrogens with one attached hydrogen (secondary N) is 1. The molecule has 4 aromatic rings. The van der Waals surface area contributed by atoms with E-state index in [1.807, 2.05) is 38.1 Å². The SMILES string of the molecule is CCOc1ccc(C(=O)N/N=C/c2cc(Cl)c(OCc3cccc4ccccc34)c(OCC)c2)cc1OC. The summed E-state index contributed by atoms with van der Waals surface area (Å²) in [5.74, 6) is 1.58. The maximum atomic E-state index is 12.6. The summed E-state index contributed by atoms with van der Waals surface area (Å²) in [6.07, 6.45) is 1.49. The highest BCUT2D eigenvalue weighted by Crippen LogP contribution is 2.37. The molecule has 1 N–H and O–H groups in total. The second-order valence-corrected chi connectivity index (χ2v) is 8.59. The molecule has 38 heavy (non-hydrogen) atoms. The van der Waals surface area contributed by atoms with E-state index in [0.29, 0.717) is 59.0 Å². The van der Waals surface area contributed by atoms with Crippen molar-refractivity contribution in [3.05, 3.63) is 94.5 Å². The van der Waals surface area contributed by atoms with E-state index in [9.17, 15) is 4.79 Å². The van der Waals surface area contributed by atoms with Gasteiger partial charge in [-0.3, -0.25) is 4.79 Å². The van der Waals surface area contributed by atoms with Gasteiger partial charge in [0.15, 0.2) is 23.0 Å². The predicted octanol–water partition coefficient (Wildman–Crippen LogP) is 6.64. The molecule has 0 saturated heterocycles. The molecular formula is C30H29ClN2O5. The number of carbonyl (C=O) groups excluding carboxylic acids is 1. The Morgan fingerprint density at radius 2 is 1.66 bits per heavy atom. The minimum atomic E-state index is -0.395. The first-order valence-electron chi connectivity index (χ1n) is 12.2. The standard InChI is InChI=1S/C30H29ClN2O5/c1-4-36-26-14-13-22(17-27(26)35-3)30(34)33-32-18-20-15-25(31)29(28(16-20)37-5-2)38-19-23-11-8-10-21-9-6-7-12-24(21)23/h6-18H,4-5,19H2,1-3H3,(H,33,34)/b32-18+. The number of halogens is 1. The molecule has 0 saturated carbocycles. The van der Waals surface area contributed by atoms with Gasteiger partial charge in [0, 0.05) is 5.56 Å². The molecule has 0 spiro atoms. The average molecular weight is 533 g/mol. The Balaban J connectivity index is 1.48. The fraction of sp³-hybridized carbons (Fsp3) is 0.200. The van der Waals surface area contributed by atoms with E-state index in [-0.39, 0.29) is 0 Å². The van der Waals surface area contributed by atoms with Gasteiger partial charge in [-0.2, -0.15) is 5.10 Å². The number of methoxy groups -OCH3 is 1. The van der Waals surface area contributed by atoms with E-state index in [0.717, 1.165) is 16.3 Å². The van der Waals surface area contributed by atoms with Crippen molar-refractivity contribution in [2.45, 2.75) is 20.5 Å². The van der Waals surface area contributed by atoms with Crippen LogP contribution in [-0.2, 0) is 6.61 Å². The zero-order valence-electron chi connectivity index (χ0n) is 21.5. The highest BCUT2D eigenvalue weighted by Gasteiger charge is 2.14. The summed E-state index contributed by atoms with van der Waals surface area (Å²) in [5, 5.41) is 6.72. The molecular weight excluding hydrogens is 504 g/mol. The summed E-state index contributed by atoms with van der Waals surface area (Å²) >= 11 is 6.59. The monoisotopic (exact) mass is 532 g/mol. The zero-order chi connectivity index (χ0) is 26.9. The lowest BCUT2D eigenvalue weighted by molar-refractivity contribution is 0.0954. The van der Waals surface area contributed by atoms with Crippen LogP contribution in [0.1, 0.15) is 35.3 Å². The van der Waals surface area contributed by atoms with Gasteiger partial charge in [-0.05, 0) is 66.1 Å². The Morgan fingerprint density at radius 1 is 0.895 bits per heavy atom. The summed E-state index contributed by atoms with van der Waals surface area (Å²) in [6, 6.07) is 22.6. The van der Waals surface area contributed by atoms with Gasteiger partial charge < -0.3 is 18.9 Å². The molecule has 0 heterocycles. The number of fused-ring (bicyclic) bond motifs is 1. The van der Waals surface area contributed by atoms with Gasteiger partial charge in [0.25, 0.3) is 5.91 Å². The number of carbonyl (C=O) groups is 1. The lowest BCUT2D eigenvalue weighted by Crippen LogP contribution is -2.17. The highest BCUT2D eigenvalue weighted by atomic mass is 35.5. The third-order valence-corrected chi connectivity index (χ3v) is 5.97. The van der Waals surface area contributed by atoms with E-state index < -0.39 is 5.91 Å². The van der Waals surface area contributed by atoms with Crippen LogP contribution in [0.4, 0.5) is 0 Å². The molecule has 1 amide bonds. The normalized spacial score (nSPS) is 10.9. The van der Waals surface area contributed by atoms with Gasteiger partial charge in [0.05, 0.1) is 31.6 Å². The molecule has 0 radical (unpaired) electrons. The number of hydrazone groups is 1. The molecule has 7 nitrogen and oxygen atoms in total. The lowest BCUT2D eigenvalue weighted by atomic mass is 10.1. The quantitative estimate of drug-likeness (QED) is 0.173. The summed E-state index contributed by atoms with van der Waals surface area (Å²) in [5.41, 5.74) is 4.58. The maximum Gasteiger partial charge on any atom is 0.271 e. The summed E-state index contributed by atoms with van der Waals surface area (Å²) in [4.78, 5) is 12.6. The topological polar surface area (TPSA) is 78.4 Å². The maximum absolute atomic E-state index is 12.6. The molecule has 196 valence electrons. The molecule has 0 bridgehead atoms. The van der Waals surface area contributed by atoms with Gasteiger partial charge in [0.1, 0.15) is 6.61 Å². The van der Waals surface area contributed by atoms with Gasteiger partial charge in [-0.1, -0.05) is 54.1 Å². The van der Waals surface area contributed by atoms with E-state index in [4.69, 9.17) is 30.5 Å². The van der Waals surface area contributed by atoms with Crippen LogP contribution in [0.3, 0.4) is 0 Å². The van der Waals surface area contributed by atoms with Crippen LogP contribution in [-0.4, -0.2) is 32.4 Å². The fourth-order valence-corrected chi connectivity index (χ4v) is 4.22. The number of amides is 1. The fourth-order valence-electron chi connectivity index (χ4n) is 3.95. The van der Waals surface area contributed by atoms with Gasteiger partial charge in [-0.25, -0.2) is 5.43 Å². The predicted molar refractivity (Wildman–Crippen MR) is 150 cm³/mol. The minimum Gasteiger partial charge on any atom is -0.493 e. The van der Waals surface area contributed by atoms with Crippen molar-refractivity contribution in [2.75, 3.05) is 20.3 Å². The Hall–Kier alpha value is -4.23. The summed E-state index contributed by atoms with van der Waals surface area (Å²) in [7, 11) is 1.52. The largest absolute Gasteiger partial charge is 0.493 e. The summed E-state index contributed by atoms with van der Waals surface area (Å²) in [6.45, 7) is 5.01. The highest BCUT2D eigenvalue weighted by molar-refractivity contribution is 6.32. The van der Waals surface area contributed by atoms with Crippen molar-refractivity contribution in [3.63, 3.8) is 0 Å². The Morgan fingerprint density at radius 3 is 2.45 bits per heavy atom. The number of hydrogen-bond acceptors (Lipinski definition) is 6. The molecule has 0 atom stereocenters. The number of hydrogen-bond donors (Lipinski definition) is 1. The van der Waals surface area contributed by atoms with Crippen LogP contribution < -0.4 is 24.4 Å². The van der Waals surface area contributed by atoms with Gasteiger partial charge >= 0.3 is 0 Å². The molecule has 0 aromatic heterocycles. The van der Waals surface area contributed by atoms with Gasteiger partial charge in [0.2, 0.25) is 0 Å². The van der Waals surface area contributed by atoms with Crippen molar-refractivity contribution in [2.24, 2.45) is 5.10 Å². The molecule has 0 unspecified atom stereocenters. The number of nitrogens with zero attached hydrogens (tertiary/aromatic N) is 1. The van der Waals surface area contributed by atoms with E-state index >= 15 is 0 Å². The van der Waals surface area contributed by atoms with Crippen molar-refractivity contribution < 1.29 is 23.7 Å². The van der Waals surface area contributed by atoms with E-state index in [1.165, 1.54) is 13.3 Å². The zero-order valence-corrected chi connectivity index (χ0v) is 22.2. The molecule has 4 aromatic carbocycles. The van der Waals surface area contributed by atoms with E-state index in [2.05, 4.69) is 28.7 Å². The second kappa shape index (κ2) is 12.8. The lowest BCUT2D eigenvalue weighted by Gasteiger charge is -2.15. The van der Waals surface area contributed by atoms with Gasteiger partial charge in [-0.15, -0.1) is 0 Å². The Bertz CT molecular complexity index is 1450. The number of rotatable bonds is 11. The third-order valence-electron chi connectivity index (χ3n) is 5.69. The first kappa shape index (κ1) is 26.8. The number of benzene rings is 4. The molecule has 0 aliphatic rings. The molecule has 8 heteroatoms. The average Bonchev–Trinajstić information content (AvgIpc) is 2.93. The van der Waals surface area contributed by atoms with Crippen LogP contribution in [0.2, 0.25) is 5.02 Å². The van der Waals surface area contributed by atoms with Crippen molar-refractivity contribution >= 4 is 34.5 Å². The summed E-state index contributed by atoms with van der Waals surface area (Å²) < 4.78 is 22.7. The first-order chi connectivity index (χ1) is 18.5. The molecule has 0 aliphatic heterocycles.